The van der Waals surface area contributed by atoms with E-state index < -0.39 is 11.8 Å². The molecule has 1 unspecified atom stereocenters. The van der Waals surface area contributed by atoms with Crippen LogP contribution in [-0.4, -0.2) is 43.0 Å². The molecule has 0 aromatic heterocycles. The van der Waals surface area contributed by atoms with E-state index in [0.29, 0.717) is 23.7 Å². The number of nitrogens with zero attached hydrogens (tertiary/aromatic N) is 2. The van der Waals surface area contributed by atoms with Crippen LogP contribution in [0.3, 0.4) is 0 Å². The van der Waals surface area contributed by atoms with Gasteiger partial charge in [0.15, 0.2) is 0 Å². The third kappa shape index (κ3) is 7.77. The second kappa shape index (κ2) is 10.7. The predicted octanol–water partition coefficient (Wildman–Crippen LogP) is 5.58. The zero-order valence-corrected chi connectivity index (χ0v) is 20.0. The first-order valence-electron chi connectivity index (χ1n) is 11.6. The normalized spacial score (nSPS) is 15.2. The smallest absolute Gasteiger partial charge is 0.323 e. The van der Waals surface area contributed by atoms with Crippen molar-refractivity contribution in [3.8, 4) is 0 Å². The van der Waals surface area contributed by atoms with Gasteiger partial charge in [0.25, 0.3) is 0 Å². The lowest BCUT2D eigenvalue weighted by atomic mass is 9.84. The van der Waals surface area contributed by atoms with Gasteiger partial charge < -0.3 is 20.4 Å². The molecule has 0 radical (unpaired) electrons. The number of hydrogen-bond acceptors (Lipinski definition) is 3. The van der Waals surface area contributed by atoms with Crippen molar-refractivity contribution in [3.05, 3.63) is 54.3 Å². The number of hydrogen-bond donors (Lipinski definition) is 2. The summed E-state index contributed by atoms with van der Waals surface area (Å²) in [5.74, 6) is 0.224. The number of nitrogens with one attached hydrogen (secondary N) is 2. The molecule has 178 valence electrons. The summed E-state index contributed by atoms with van der Waals surface area (Å²) < 4.78 is 13.3. The molecule has 3 amide bonds. The first-order valence-corrected chi connectivity index (χ1v) is 11.6. The molecule has 1 heterocycles. The number of halogens is 1. The highest BCUT2D eigenvalue weighted by Crippen LogP contribution is 2.27. The molecule has 0 aliphatic carbocycles. The van der Waals surface area contributed by atoms with Crippen molar-refractivity contribution in [2.45, 2.75) is 40.5 Å². The molecule has 0 saturated carbocycles. The molecule has 33 heavy (non-hydrogen) atoms. The van der Waals surface area contributed by atoms with Gasteiger partial charge in [-0.1, -0.05) is 33.8 Å². The molecular formula is C26H35FN4O2. The van der Waals surface area contributed by atoms with Crippen molar-refractivity contribution in [3.63, 3.8) is 0 Å². The highest BCUT2D eigenvalue weighted by Gasteiger charge is 2.24. The summed E-state index contributed by atoms with van der Waals surface area (Å²) in [5.41, 5.74) is 2.33. The Bertz CT molecular complexity index is 948. The number of piperazine rings is 1. The van der Waals surface area contributed by atoms with E-state index in [1.54, 1.807) is 12.1 Å². The van der Waals surface area contributed by atoms with Gasteiger partial charge in [0.2, 0.25) is 5.91 Å². The van der Waals surface area contributed by atoms with Gasteiger partial charge in [0.1, 0.15) is 5.82 Å². The third-order valence-corrected chi connectivity index (χ3v) is 5.69. The van der Waals surface area contributed by atoms with E-state index in [2.05, 4.69) is 43.2 Å². The van der Waals surface area contributed by atoms with Crippen LogP contribution in [0, 0.1) is 17.2 Å². The first-order chi connectivity index (χ1) is 15.6. The minimum Gasteiger partial charge on any atom is -0.368 e. The molecule has 1 aliphatic heterocycles. The minimum absolute atomic E-state index is 0.236. The molecule has 1 fully saturated rings. The molecule has 0 spiro atoms. The highest BCUT2D eigenvalue weighted by atomic mass is 19.1. The van der Waals surface area contributed by atoms with Gasteiger partial charge in [0.05, 0.1) is 0 Å². The number of carbonyl (C=O) groups excluding carboxylic acids is 2. The van der Waals surface area contributed by atoms with Gasteiger partial charge in [0, 0.05) is 49.7 Å². The van der Waals surface area contributed by atoms with E-state index in [9.17, 15) is 14.0 Å². The van der Waals surface area contributed by atoms with Gasteiger partial charge in [-0.15, -0.1) is 0 Å². The minimum atomic E-state index is -0.429. The average Bonchev–Trinajstić information content (AvgIpc) is 2.73. The quantitative estimate of drug-likeness (QED) is 0.599. The van der Waals surface area contributed by atoms with Crippen LogP contribution >= 0.6 is 0 Å². The van der Waals surface area contributed by atoms with Crippen LogP contribution in [0.2, 0.25) is 0 Å². The Morgan fingerprint density at radius 3 is 2.21 bits per heavy atom. The summed E-state index contributed by atoms with van der Waals surface area (Å²) in [6.07, 6.45) is 1.65. The summed E-state index contributed by atoms with van der Waals surface area (Å²) >= 11 is 0. The lowest BCUT2D eigenvalue weighted by Gasteiger charge is -2.37. The van der Waals surface area contributed by atoms with Crippen molar-refractivity contribution in [2.75, 3.05) is 41.7 Å². The number of benzene rings is 2. The van der Waals surface area contributed by atoms with Crippen molar-refractivity contribution >= 4 is 29.0 Å². The number of anilines is 3. The maximum atomic E-state index is 13.3. The van der Waals surface area contributed by atoms with E-state index in [1.807, 2.05) is 29.2 Å². The highest BCUT2D eigenvalue weighted by molar-refractivity contribution is 5.99. The summed E-state index contributed by atoms with van der Waals surface area (Å²) in [6, 6.07) is 12.9. The van der Waals surface area contributed by atoms with Crippen molar-refractivity contribution in [2.24, 2.45) is 11.3 Å². The van der Waals surface area contributed by atoms with E-state index in [4.69, 9.17) is 0 Å². The fourth-order valence-electron chi connectivity index (χ4n) is 4.37. The molecular weight excluding hydrogens is 419 g/mol. The lowest BCUT2D eigenvalue weighted by Crippen LogP contribution is -2.49. The molecule has 1 saturated heterocycles. The Labute approximate surface area is 196 Å². The molecule has 6 nitrogen and oxygen atoms in total. The second-order valence-corrected chi connectivity index (χ2v) is 10.1. The van der Waals surface area contributed by atoms with Crippen LogP contribution in [0.15, 0.2) is 48.5 Å². The number of rotatable bonds is 6. The standard InChI is InChI=1S/C26H35FN4O2/c1-19(18-26(2,3)4)16-24(32)31-14-12-30(13-15-31)23-10-8-21(9-11-23)28-25(33)29-22-7-5-6-20(27)17-22/h5-11,17,19H,12-16,18H2,1-4H3,(H2,28,29,33). The maximum absolute atomic E-state index is 13.3. The molecule has 7 heteroatoms. The Morgan fingerprint density at radius 1 is 0.970 bits per heavy atom. The summed E-state index contributed by atoms with van der Waals surface area (Å²) in [5, 5.41) is 5.36. The molecule has 2 aromatic rings. The summed E-state index contributed by atoms with van der Waals surface area (Å²) in [6.45, 7) is 11.8. The van der Waals surface area contributed by atoms with Gasteiger partial charge >= 0.3 is 6.03 Å². The van der Waals surface area contributed by atoms with Crippen molar-refractivity contribution < 1.29 is 14.0 Å². The van der Waals surface area contributed by atoms with Crippen molar-refractivity contribution in [1.82, 2.24) is 4.90 Å². The third-order valence-electron chi connectivity index (χ3n) is 5.69. The molecule has 1 atom stereocenters. The monoisotopic (exact) mass is 454 g/mol. The predicted molar refractivity (Wildman–Crippen MR) is 132 cm³/mol. The lowest BCUT2D eigenvalue weighted by molar-refractivity contribution is -0.132. The van der Waals surface area contributed by atoms with Gasteiger partial charge in [-0.2, -0.15) is 0 Å². The number of amides is 3. The summed E-state index contributed by atoms with van der Waals surface area (Å²) in [4.78, 5) is 29.0. The van der Waals surface area contributed by atoms with Crippen LogP contribution in [-0.2, 0) is 4.79 Å². The Balaban J connectivity index is 1.46. The number of carbonyl (C=O) groups is 2. The van der Waals surface area contributed by atoms with Crippen LogP contribution in [0.5, 0.6) is 0 Å². The van der Waals surface area contributed by atoms with Crippen molar-refractivity contribution in [1.29, 1.82) is 0 Å². The zero-order valence-electron chi connectivity index (χ0n) is 20.0. The van der Waals surface area contributed by atoms with Gasteiger partial charge in [-0.25, -0.2) is 9.18 Å². The topological polar surface area (TPSA) is 64.7 Å². The van der Waals surface area contributed by atoms with Gasteiger partial charge in [-0.05, 0) is 60.2 Å². The van der Waals surface area contributed by atoms with Crippen LogP contribution in [0.4, 0.5) is 26.2 Å². The fourth-order valence-corrected chi connectivity index (χ4v) is 4.37. The summed E-state index contributed by atoms with van der Waals surface area (Å²) in [7, 11) is 0. The molecule has 1 aliphatic rings. The van der Waals surface area contributed by atoms with E-state index >= 15 is 0 Å². The SMILES string of the molecule is CC(CC(=O)N1CCN(c2ccc(NC(=O)Nc3cccc(F)c3)cc2)CC1)CC(C)(C)C. The van der Waals surface area contributed by atoms with Gasteiger partial charge in [-0.3, -0.25) is 4.79 Å². The molecule has 2 N–H and O–H groups in total. The fraction of sp³-hybridized carbons (Fsp3) is 0.462. The second-order valence-electron chi connectivity index (χ2n) is 10.1. The van der Waals surface area contributed by atoms with Crippen LogP contribution in [0.25, 0.3) is 0 Å². The Hall–Kier alpha value is -3.09. The van der Waals surface area contributed by atoms with E-state index in [-0.39, 0.29) is 11.3 Å². The van der Waals surface area contributed by atoms with E-state index in [0.717, 1.165) is 38.3 Å². The largest absolute Gasteiger partial charge is 0.368 e. The van der Waals surface area contributed by atoms with Crippen LogP contribution < -0.4 is 15.5 Å². The van der Waals surface area contributed by atoms with E-state index in [1.165, 1.54) is 12.1 Å². The first kappa shape index (κ1) is 24.6. The Morgan fingerprint density at radius 2 is 1.61 bits per heavy atom. The average molecular weight is 455 g/mol. The Kier molecular flexibility index (Phi) is 7.95. The molecule has 2 aromatic carbocycles. The molecule has 3 rings (SSSR count). The maximum Gasteiger partial charge on any atom is 0.323 e. The van der Waals surface area contributed by atoms with Crippen LogP contribution in [0.1, 0.15) is 40.5 Å². The molecule has 0 bridgehead atoms. The number of urea groups is 1. The zero-order chi connectivity index (χ0) is 24.0.